The molecule has 94 valence electrons. The Labute approximate surface area is 105 Å². The molecule has 0 radical (unpaired) electrons. The highest BCUT2D eigenvalue weighted by Gasteiger charge is 2.48. The summed E-state index contributed by atoms with van der Waals surface area (Å²) in [5.41, 5.74) is -0.0213. The third-order valence-corrected chi connectivity index (χ3v) is 4.72. The van der Waals surface area contributed by atoms with Crippen molar-refractivity contribution in [2.45, 2.75) is 39.5 Å². The molecule has 2 nitrogen and oxygen atoms in total. The van der Waals surface area contributed by atoms with Crippen LogP contribution in [0.2, 0.25) is 0 Å². The zero-order chi connectivity index (χ0) is 12.3. The van der Waals surface area contributed by atoms with E-state index >= 15 is 0 Å². The first kappa shape index (κ1) is 12.6. The van der Waals surface area contributed by atoms with Crippen LogP contribution in [0.15, 0.2) is 12.2 Å². The summed E-state index contributed by atoms with van der Waals surface area (Å²) in [6, 6.07) is 2.65. The normalized spacial score (nSPS) is 34.5. The van der Waals surface area contributed by atoms with Gasteiger partial charge < -0.3 is 4.90 Å². The zero-order valence-corrected chi connectivity index (χ0v) is 11.2. The fourth-order valence-electron chi connectivity index (χ4n) is 3.58. The first-order valence-electron chi connectivity index (χ1n) is 7.06. The fourth-order valence-corrected chi connectivity index (χ4v) is 3.58. The van der Waals surface area contributed by atoms with Crippen LogP contribution >= 0.6 is 0 Å². The van der Waals surface area contributed by atoms with Crippen molar-refractivity contribution in [2.75, 3.05) is 19.6 Å². The molecule has 0 saturated heterocycles. The average Bonchev–Trinajstić information content (AvgIpc) is 2.95. The van der Waals surface area contributed by atoms with E-state index in [1.54, 1.807) is 0 Å². The first-order valence-corrected chi connectivity index (χ1v) is 7.06. The maximum Gasteiger partial charge on any atom is 0.0696 e. The molecule has 0 spiro atoms. The summed E-state index contributed by atoms with van der Waals surface area (Å²) >= 11 is 0. The van der Waals surface area contributed by atoms with Crippen LogP contribution in [0.3, 0.4) is 0 Å². The molecular weight excluding hydrogens is 208 g/mol. The van der Waals surface area contributed by atoms with Crippen molar-refractivity contribution in [1.29, 1.82) is 5.26 Å². The van der Waals surface area contributed by atoms with Gasteiger partial charge in [0.25, 0.3) is 0 Å². The maximum atomic E-state index is 9.52. The molecule has 0 unspecified atom stereocenters. The van der Waals surface area contributed by atoms with Gasteiger partial charge >= 0.3 is 0 Å². The standard InChI is InChI=1S/C15H24N2/c1-3-17(4-2)9-5-8-15(12-16)11-13-6-7-14(15)10-13/h6-7,13-14H,3-5,8-11H2,1-2H3/t13-,14-,15-/m0/s1. The van der Waals surface area contributed by atoms with E-state index in [1.807, 2.05) is 0 Å². The molecule has 0 heterocycles. The van der Waals surface area contributed by atoms with Gasteiger partial charge in [-0.3, -0.25) is 0 Å². The van der Waals surface area contributed by atoms with Gasteiger partial charge in [-0.15, -0.1) is 0 Å². The van der Waals surface area contributed by atoms with Gasteiger partial charge in [-0.1, -0.05) is 26.0 Å². The first-order chi connectivity index (χ1) is 8.24. The molecule has 2 rings (SSSR count). The molecule has 1 fully saturated rings. The second-order valence-electron chi connectivity index (χ2n) is 5.59. The Morgan fingerprint density at radius 3 is 2.59 bits per heavy atom. The van der Waals surface area contributed by atoms with Gasteiger partial charge in [0.1, 0.15) is 0 Å². The largest absolute Gasteiger partial charge is 0.304 e. The molecule has 0 aromatic heterocycles. The van der Waals surface area contributed by atoms with E-state index in [2.05, 4.69) is 37.0 Å². The lowest BCUT2D eigenvalue weighted by atomic mass is 9.74. The average molecular weight is 232 g/mol. The number of rotatable bonds is 6. The molecule has 2 aliphatic rings. The highest BCUT2D eigenvalue weighted by molar-refractivity contribution is 5.21. The van der Waals surface area contributed by atoms with Crippen LogP contribution in [0.4, 0.5) is 0 Å². The summed E-state index contributed by atoms with van der Waals surface area (Å²) in [7, 11) is 0. The monoisotopic (exact) mass is 232 g/mol. The molecule has 3 atom stereocenters. The Balaban J connectivity index is 1.85. The Bertz CT molecular complexity index is 324. The number of fused-ring (bicyclic) bond motifs is 2. The molecule has 0 amide bonds. The summed E-state index contributed by atoms with van der Waals surface area (Å²) < 4.78 is 0. The summed E-state index contributed by atoms with van der Waals surface area (Å²) in [6.45, 7) is 7.83. The quantitative estimate of drug-likeness (QED) is 0.657. The van der Waals surface area contributed by atoms with Crippen LogP contribution in [0.5, 0.6) is 0 Å². The summed E-state index contributed by atoms with van der Waals surface area (Å²) in [6.07, 6.45) is 9.24. The predicted octanol–water partition coefficient (Wildman–Crippen LogP) is 3.21. The lowest BCUT2D eigenvalue weighted by molar-refractivity contribution is 0.245. The predicted molar refractivity (Wildman–Crippen MR) is 70.4 cm³/mol. The van der Waals surface area contributed by atoms with Crippen molar-refractivity contribution in [2.24, 2.45) is 17.3 Å². The van der Waals surface area contributed by atoms with Gasteiger partial charge in [-0.05, 0) is 57.2 Å². The second kappa shape index (κ2) is 5.23. The molecule has 0 aromatic carbocycles. The van der Waals surface area contributed by atoms with E-state index in [4.69, 9.17) is 0 Å². The molecule has 2 bridgehead atoms. The van der Waals surface area contributed by atoms with Crippen LogP contribution in [0.1, 0.15) is 39.5 Å². The van der Waals surface area contributed by atoms with Crippen LogP contribution < -0.4 is 0 Å². The van der Waals surface area contributed by atoms with Crippen LogP contribution in [0, 0.1) is 28.6 Å². The Hall–Kier alpha value is -0.810. The third kappa shape index (κ3) is 2.40. The van der Waals surface area contributed by atoms with Crippen molar-refractivity contribution in [1.82, 2.24) is 4.90 Å². The molecule has 2 aliphatic carbocycles. The third-order valence-electron chi connectivity index (χ3n) is 4.72. The molecule has 0 N–H and O–H groups in total. The van der Waals surface area contributed by atoms with Gasteiger partial charge in [0.05, 0.1) is 11.5 Å². The number of nitrogens with zero attached hydrogens (tertiary/aromatic N) is 2. The Morgan fingerprint density at radius 1 is 1.35 bits per heavy atom. The van der Waals surface area contributed by atoms with Gasteiger partial charge in [-0.25, -0.2) is 0 Å². The summed E-state index contributed by atoms with van der Waals surface area (Å²) in [5.74, 6) is 1.25. The summed E-state index contributed by atoms with van der Waals surface area (Å²) in [4.78, 5) is 2.45. The number of nitriles is 1. The van der Waals surface area contributed by atoms with Crippen molar-refractivity contribution in [3.05, 3.63) is 12.2 Å². The van der Waals surface area contributed by atoms with Gasteiger partial charge in [0, 0.05) is 0 Å². The molecule has 0 aromatic rings. The minimum atomic E-state index is -0.0213. The number of hydrogen-bond acceptors (Lipinski definition) is 2. The Morgan fingerprint density at radius 2 is 2.12 bits per heavy atom. The fraction of sp³-hybridized carbons (Fsp3) is 0.800. The van der Waals surface area contributed by atoms with Gasteiger partial charge in [-0.2, -0.15) is 5.26 Å². The van der Waals surface area contributed by atoms with Crippen LogP contribution in [-0.2, 0) is 0 Å². The minimum absolute atomic E-state index is 0.0213. The van der Waals surface area contributed by atoms with E-state index < -0.39 is 0 Å². The lowest BCUT2D eigenvalue weighted by Crippen LogP contribution is -2.28. The minimum Gasteiger partial charge on any atom is -0.304 e. The molecule has 0 aliphatic heterocycles. The number of allylic oxidation sites excluding steroid dienone is 2. The van der Waals surface area contributed by atoms with Gasteiger partial charge in [0.2, 0.25) is 0 Å². The van der Waals surface area contributed by atoms with Crippen molar-refractivity contribution in [3.63, 3.8) is 0 Å². The number of hydrogen-bond donors (Lipinski definition) is 0. The van der Waals surface area contributed by atoms with Crippen LogP contribution in [-0.4, -0.2) is 24.5 Å². The van der Waals surface area contributed by atoms with E-state index in [0.717, 1.165) is 32.5 Å². The van der Waals surface area contributed by atoms with Crippen molar-refractivity contribution >= 4 is 0 Å². The highest BCUT2D eigenvalue weighted by Crippen LogP contribution is 2.54. The van der Waals surface area contributed by atoms with Crippen LogP contribution in [0.25, 0.3) is 0 Å². The molecule has 2 heteroatoms. The Kier molecular flexibility index (Phi) is 3.89. The lowest BCUT2D eigenvalue weighted by Gasteiger charge is -2.29. The SMILES string of the molecule is CCN(CC)CCC[C@@]1(C#N)C[C@H]2C=C[C@H]1C2. The van der Waals surface area contributed by atoms with E-state index in [0.29, 0.717) is 11.8 Å². The molecular formula is C15H24N2. The van der Waals surface area contributed by atoms with E-state index in [9.17, 15) is 5.26 Å². The van der Waals surface area contributed by atoms with Crippen molar-refractivity contribution in [3.8, 4) is 6.07 Å². The summed E-state index contributed by atoms with van der Waals surface area (Å²) in [5, 5.41) is 9.52. The molecule has 1 saturated carbocycles. The molecule has 17 heavy (non-hydrogen) atoms. The second-order valence-corrected chi connectivity index (χ2v) is 5.59. The van der Waals surface area contributed by atoms with E-state index in [-0.39, 0.29) is 5.41 Å². The zero-order valence-electron chi connectivity index (χ0n) is 11.2. The van der Waals surface area contributed by atoms with Crippen molar-refractivity contribution < 1.29 is 0 Å². The van der Waals surface area contributed by atoms with Gasteiger partial charge in [0.15, 0.2) is 0 Å². The maximum absolute atomic E-state index is 9.52. The van der Waals surface area contributed by atoms with E-state index in [1.165, 1.54) is 12.8 Å². The smallest absolute Gasteiger partial charge is 0.0696 e. The highest BCUT2D eigenvalue weighted by atomic mass is 15.1. The topological polar surface area (TPSA) is 27.0 Å².